The Morgan fingerprint density at radius 2 is 1.44 bits per heavy atom. The minimum atomic E-state index is -3.98. The largest absolute Gasteiger partial charge is 0.342 e. The molecule has 0 bridgehead atoms. The van der Waals surface area contributed by atoms with E-state index >= 15 is 0 Å². The number of amides is 1. The number of nitrogens with zero attached hydrogens (tertiary/aromatic N) is 2. The summed E-state index contributed by atoms with van der Waals surface area (Å²) in [6.45, 7) is 4.39. The molecule has 43 heavy (non-hydrogen) atoms. The van der Waals surface area contributed by atoms with Crippen molar-refractivity contribution in [3.8, 4) is 0 Å². The molecule has 6 nitrogen and oxygen atoms in total. The first-order valence-corrected chi connectivity index (χ1v) is 15.8. The number of hydrogen-bond donors (Lipinski definition) is 1. The van der Waals surface area contributed by atoms with Crippen molar-refractivity contribution in [2.75, 3.05) is 14.5 Å². The topological polar surface area (TPSA) is 69.7 Å². The molecule has 0 fully saturated rings. The number of aryl methyl sites for hydroxylation is 2. The number of rotatable bonds is 7. The van der Waals surface area contributed by atoms with Crippen molar-refractivity contribution in [3.63, 3.8) is 0 Å². The predicted molar refractivity (Wildman–Crippen MR) is 173 cm³/mol. The quantitative estimate of drug-likeness (QED) is 0.203. The first-order valence-electron chi connectivity index (χ1n) is 13.9. The highest BCUT2D eigenvalue weighted by molar-refractivity contribution is 7.92. The highest BCUT2D eigenvalue weighted by Gasteiger charge is 2.40. The molecule has 0 saturated carbocycles. The molecule has 0 radical (unpaired) electrons. The van der Waals surface area contributed by atoms with Gasteiger partial charge in [-0.15, -0.1) is 0 Å². The number of benzene rings is 5. The van der Waals surface area contributed by atoms with Crippen molar-refractivity contribution in [2.24, 2.45) is 0 Å². The highest BCUT2D eigenvalue weighted by Crippen LogP contribution is 2.43. The van der Waals surface area contributed by atoms with E-state index in [1.165, 1.54) is 6.07 Å². The molecule has 1 N–H and O–H groups in total. The highest BCUT2D eigenvalue weighted by atomic mass is 35.5. The van der Waals surface area contributed by atoms with E-state index in [0.717, 1.165) is 22.3 Å². The average molecular weight is 608 g/mol. The summed E-state index contributed by atoms with van der Waals surface area (Å²) in [5, 5.41) is 0.558. The molecule has 216 valence electrons. The van der Waals surface area contributed by atoms with Crippen molar-refractivity contribution in [1.29, 1.82) is 0 Å². The number of sulfonamides is 1. The third-order valence-corrected chi connectivity index (χ3v) is 9.15. The lowest BCUT2D eigenvalue weighted by Crippen LogP contribution is -2.49. The maximum atomic E-state index is 14.5. The maximum Gasteiger partial charge on any atom is 0.262 e. The van der Waals surface area contributed by atoms with Gasteiger partial charge in [-0.1, -0.05) is 89.5 Å². The summed E-state index contributed by atoms with van der Waals surface area (Å²) in [7, 11) is -3.98. The third-order valence-electron chi connectivity index (χ3n) is 7.54. The molecule has 1 aliphatic rings. The molecule has 0 aromatic heterocycles. The molecule has 0 saturated heterocycles. The lowest BCUT2D eigenvalue weighted by Gasteiger charge is -2.46. The zero-order valence-electron chi connectivity index (χ0n) is 23.7. The van der Waals surface area contributed by atoms with E-state index in [1.807, 2.05) is 98.8 Å². The van der Waals surface area contributed by atoms with E-state index in [-0.39, 0.29) is 10.8 Å². The molecule has 8 heteroatoms. The van der Waals surface area contributed by atoms with Crippen LogP contribution in [0.3, 0.4) is 0 Å². The van der Waals surface area contributed by atoms with E-state index in [1.54, 1.807) is 35.2 Å². The van der Waals surface area contributed by atoms with Crippen LogP contribution in [0.5, 0.6) is 0 Å². The molecule has 0 spiro atoms. The molecule has 0 aliphatic carbocycles. The van der Waals surface area contributed by atoms with Gasteiger partial charge in [-0.25, -0.2) is 8.42 Å². The van der Waals surface area contributed by atoms with Crippen LogP contribution in [0.15, 0.2) is 126 Å². The maximum absolute atomic E-state index is 14.5. The van der Waals surface area contributed by atoms with Gasteiger partial charge >= 0.3 is 0 Å². The Bertz CT molecular complexity index is 1890. The van der Waals surface area contributed by atoms with Gasteiger partial charge in [0.2, 0.25) is 0 Å². The standard InChI is InChI=1S/C35H30ClN3O3S/c1-24-11-15-29(16-12-24)37-43(41,42)31-19-20-33-32(22-31)35(40)39(30-17-13-25(2)14-18-30)34(27-9-6-10-28(36)21-27)38(33)23-26-7-4-3-5-8-26/h3-22,34,37H,23H2,1-2H3/t34-/m1/s1. The molecule has 5 aromatic carbocycles. The number of hydrogen-bond acceptors (Lipinski definition) is 4. The van der Waals surface area contributed by atoms with Crippen molar-refractivity contribution in [3.05, 3.63) is 154 Å². The second kappa shape index (κ2) is 11.6. The van der Waals surface area contributed by atoms with Gasteiger partial charge in [-0.05, 0) is 79.6 Å². The molecule has 1 atom stereocenters. The Balaban J connectivity index is 1.52. The first-order chi connectivity index (χ1) is 20.7. The molecule has 1 aliphatic heterocycles. The van der Waals surface area contributed by atoms with Crippen LogP contribution in [0.4, 0.5) is 17.1 Å². The molecule has 1 amide bonds. The molecule has 1 heterocycles. The molecular weight excluding hydrogens is 578 g/mol. The minimum Gasteiger partial charge on any atom is -0.342 e. The lowest BCUT2D eigenvalue weighted by molar-refractivity contribution is 0.0968. The SMILES string of the molecule is Cc1ccc(NS(=O)(=O)c2ccc3c(c2)C(=O)N(c2ccc(C)cc2)[C@H](c2cccc(Cl)c2)N3Cc2ccccc2)cc1. The van der Waals surface area contributed by atoms with Crippen molar-refractivity contribution in [1.82, 2.24) is 0 Å². The summed E-state index contributed by atoms with van der Waals surface area (Å²) in [4.78, 5) is 18.3. The van der Waals surface area contributed by atoms with Crippen LogP contribution < -0.4 is 14.5 Å². The first kappa shape index (κ1) is 28.5. The zero-order valence-corrected chi connectivity index (χ0v) is 25.3. The Kier molecular flexibility index (Phi) is 7.69. The van der Waals surface area contributed by atoms with Gasteiger partial charge in [0.05, 0.1) is 16.1 Å². The van der Waals surface area contributed by atoms with Gasteiger partial charge in [0.1, 0.15) is 6.17 Å². The van der Waals surface area contributed by atoms with Gasteiger partial charge in [-0.3, -0.25) is 14.4 Å². The van der Waals surface area contributed by atoms with Crippen molar-refractivity contribution in [2.45, 2.75) is 31.5 Å². The van der Waals surface area contributed by atoms with E-state index in [9.17, 15) is 13.2 Å². The summed E-state index contributed by atoms with van der Waals surface area (Å²) in [6.07, 6.45) is -0.547. The van der Waals surface area contributed by atoms with E-state index in [0.29, 0.717) is 34.2 Å². The zero-order chi connectivity index (χ0) is 30.1. The van der Waals surface area contributed by atoms with E-state index in [4.69, 9.17) is 11.6 Å². The third kappa shape index (κ3) is 5.87. The Hall–Kier alpha value is -4.59. The number of anilines is 3. The molecule has 6 rings (SSSR count). The summed E-state index contributed by atoms with van der Waals surface area (Å²) < 4.78 is 29.6. The molecular formula is C35H30ClN3O3S. The fourth-order valence-electron chi connectivity index (χ4n) is 5.36. The van der Waals surface area contributed by atoms with Crippen LogP contribution in [0.2, 0.25) is 5.02 Å². The monoisotopic (exact) mass is 607 g/mol. The van der Waals surface area contributed by atoms with E-state index < -0.39 is 16.2 Å². The Morgan fingerprint density at radius 3 is 2.12 bits per heavy atom. The predicted octanol–water partition coefficient (Wildman–Crippen LogP) is 8.12. The van der Waals surface area contributed by atoms with Crippen LogP contribution in [-0.2, 0) is 16.6 Å². The van der Waals surface area contributed by atoms with Crippen LogP contribution in [0, 0.1) is 13.8 Å². The fraction of sp³-hybridized carbons (Fsp3) is 0.114. The van der Waals surface area contributed by atoms with Gasteiger partial charge in [-0.2, -0.15) is 0 Å². The van der Waals surface area contributed by atoms with Gasteiger partial charge < -0.3 is 4.90 Å². The fourth-order valence-corrected chi connectivity index (χ4v) is 6.65. The van der Waals surface area contributed by atoms with E-state index in [2.05, 4.69) is 9.62 Å². The summed E-state index contributed by atoms with van der Waals surface area (Å²) in [5.41, 5.74) is 6.02. The van der Waals surface area contributed by atoms with Gasteiger partial charge in [0.25, 0.3) is 15.9 Å². The normalized spacial score (nSPS) is 14.9. The van der Waals surface area contributed by atoms with Crippen LogP contribution in [0.1, 0.15) is 38.8 Å². The van der Waals surface area contributed by atoms with Crippen LogP contribution in [0.25, 0.3) is 0 Å². The summed E-state index contributed by atoms with van der Waals surface area (Å²) in [5.74, 6) is -0.305. The van der Waals surface area contributed by atoms with Gasteiger partial charge in [0.15, 0.2) is 0 Å². The Labute approximate surface area is 257 Å². The van der Waals surface area contributed by atoms with Crippen molar-refractivity contribution >= 4 is 44.6 Å². The van der Waals surface area contributed by atoms with Crippen LogP contribution in [-0.4, -0.2) is 14.3 Å². The second-order valence-electron chi connectivity index (χ2n) is 10.7. The van der Waals surface area contributed by atoms with Crippen molar-refractivity contribution < 1.29 is 13.2 Å². The summed E-state index contributed by atoms with van der Waals surface area (Å²) in [6, 6.07) is 37.1. The number of carbonyl (C=O) groups excluding carboxylic acids is 1. The van der Waals surface area contributed by atoms with Crippen LogP contribution >= 0.6 is 11.6 Å². The van der Waals surface area contributed by atoms with Gasteiger partial charge in [0, 0.05) is 22.9 Å². The number of fused-ring (bicyclic) bond motifs is 1. The Morgan fingerprint density at radius 1 is 0.767 bits per heavy atom. The molecule has 0 unspecified atom stereocenters. The number of nitrogens with one attached hydrogen (secondary N) is 1. The number of carbonyl (C=O) groups is 1. The number of halogens is 1. The minimum absolute atomic E-state index is 0.00453. The molecule has 5 aromatic rings. The second-order valence-corrected chi connectivity index (χ2v) is 12.8. The average Bonchev–Trinajstić information content (AvgIpc) is 3.00. The summed E-state index contributed by atoms with van der Waals surface area (Å²) >= 11 is 6.47. The lowest BCUT2D eigenvalue weighted by atomic mass is 9.99. The smallest absolute Gasteiger partial charge is 0.262 e.